The summed E-state index contributed by atoms with van der Waals surface area (Å²) in [6, 6.07) is 1.20. The number of nitrogens with one attached hydrogen (secondary N) is 1. The van der Waals surface area contributed by atoms with E-state index in [-0.39, 0.29) is 16.5 Å². The molecule has 0 aliphatic heterocycles. The number of anilines is 1. The van der Waals surface area contributed by atoms with Crippen molar-refractivity contribution in [1.29, 1.82) is 0 Å². The van der Waals surface area contributed by atoms with E-state index in [1.54, 1.807) is 0 Å². The van der Waals surface area contributed by atoms with E-state index in [0.717, 1.165) is 11.8 Å². The summed E-state index contributed by atoms with van der Waals surface area (Å²) in [6.07, 6.45) is 1.32. The number of aromatic amines is 1. The zero-order valence-electron chi connectivity index (χ0n) is 8.15. The molecule has 0 bridgehead atoms. The van der Waals surface area contributed by atoms with Crippen LogP contribution in [0.15, 0.2) is 31.8 Å². The van der Waals surface area contributed by atoms with Crippen molar-refractivity contribution in [2.24, 2.45) is 0 Å². The van der Waals surface area contributed by atoms with Gasteiger partial charge in [-0.05, 0) is 27.7 Å². The van der Waals surface area contributed by atoms with Crippen LogP contribution in [0.25, 0.3) is 0 Å². The van der Waals surface area contributed by atoms with Gasteiger partial charge in [-0.25, -0.2) is 15.0 Å². The standard InChI is InChI=1S/C8H5BrClN5OS/c9-5-6(10)12-2-13-7(5)17-8-14-3(11)1-4(16)15-8/h1-2H,(H3,11,14,15,16). The summed E-state index contributed by atoms with van der Waals surface area (Å²) in [5.74, 6) is 0.146. The van der Waals surface area contributed by atoms with E-state index in [1.165, 1.54) is 12.4 Å². The van der Waals surface area contributed by atoms with Gasteiger partial charge >= 0.3 is 0 Å². The highest BCUT2D eigenvalue weighted by atomic mass is 79.9. The normalized spacial score (nSPS) is 10.5. The minimum atomic E-state index is -0.323. The number of H-pyrrole nitrogens is 1. The fourth-order valence-corrected chi connectivity index (χ4v) is 2.41. The van der Waals surface area contributed by atoms with Crippen molar-refractivity contribution in [1.82, 2.24) is 19.9 Å². The predicted molar refractivity (Wildman–Crippen MR) is 68.1 cm³/mol. The van der Waals surface area contributed by atoms with Crippen LogP contribution in [0.5, 0.6) is 0 Å². The molecule has 0 fully saturated rings. The van der Waals surface area contributed by atoms with Gasteiger partial charge in [-0.2, -0.15) is 0 Å². The Bertz CT molecular complexity index is 619. The molecule has 6 nitrogen and oxygen atoms in total. The summed E-state index contributed by atoms with van der Waals surface area (Å²) in [4.78, 5) is 25.5. The lowest BCUT2D eigenvalue weighted by atomic mass is 10.6. The van der Waals surface area contributed by atoms with Gasteiger partial charge in [0.25, 0.3) is 5.56 Å². The Morgan fingerprint density at radius 2 is 2.24 bits per heavy atom. The van der Waals surface area contributed by atoms with Gasteiger partial charge in [0.15, 0.2) is 5.16 Å². The van der Waals surface area contributed by atoms with E-state index in [4.69, 9.17) is 17.3 Å². The molecule has 0 saturated heterocycles. The molecule has 88 valence electrons. The molecule has 0 amide bonds. The summed E-state index contributed by atoms with van der Waals surface area (Å²) >= 11 is 10.2. The second kappa shape index (κ2) is 5.03. The molecule has 2 aromatic heterocycles. The molecule has 2 aromatic rings. The molecule has 2 heterocycles. The van der Waals surface area contributed by atoms with Crippen LogP contribution < -0.4 is 11.3 Å². The molecule has 0 atom stereocenters. The minimum Gasteiger partial charge on any atom is -0.383 e. The molecule has 3 N–H and O–H groups in total. The first-order valence-corrected chi connectivity index (χ1v) is 6.25. The highest BCUT2D eigenvalue weighted by Crippen LogP contribution is 2.32. The highest BCUT2D eigenvalue weighted by Gasteiger charge is 2.10. The van der Waals surface area contributed by atoms with Gasteiger partial charge in [-0.1, -0.05) is 11.6 Å². The van der Waals surface area contributed by atoms with Gasteiger partial charge in [-0.15, -0.1) is 0 Å². The number of nitrogens with two attached hydrogens (primary N) is 1. The average Bonchev–Trinajstić information content (AvgIpc) is 2.23. The maximum atomic E-state index is 11.2. The summed E-state index contributed by atoms with van der Waals surface area (Å²) in [7, 11) is 0. The second-order valence-corrected chi connectivity index (χ2v) is 4.99. The van der Waals surface area contributed by atoms with Crippen LogP contribution in [-0.4, -0.2) is 19.9 Å². The molecule has 17 heavy (non-hydrogen) atoms. The summed E-state index contributed by atoms with van der Waals surface area (Å²) < 4.78 is 0.539. The van der Waals surface area contributed by atoms with E-state index < -0.39 is 0 Å². The van der Waals surface area contributed by atoms with Crippen molar-refractivity contribution < 1.29 is 0 Å². The van der Waals surface area contributed by atoms with E-state index in [1.807, 2.05) is 0 Å². The Labute approximate surface area is 113 Å². The molecular weight excluding hydrogens is 330 g/mol. The zero-order chi connectivity index (χ0) is 12.4. The number of rotatable bonds is 2. The third-order valence-corrected chi connectivity index (χ3v) is 4.07. The molecule has 0 unspecified atom stereocenters. The van der Waals surface area contributed by atoms with Crippen LogP contribution in [-0.2, 0) is 0 Å². The molecule has 0 aliphatic carbocycles. The van der Waals surface area contributed by atoms with Crippen molar-refractivity contribution >= 4 is 45.1 Å². The molecule has 0 aliphatic rings. The zero-order valence-corrected chi connectivity index (χ0v) is 11.3. The number of aromatic nitrogens is 4. The smallest absolute Gasteiger partial charge is 0.253 e. The molecule has 0 spiro atoms. The molecule has 0 aromatic carbocycles. The SMILES string of the molecule is Nc1cc(=O)[nH]c(Sc2ncnc(Cl)c2Br)n1. The first-order chi connectivity index (χ1) is 8.06. The fraction of sp³-hybridized carbons (Fsp3) is 0. The van der Waals surface area contributed by atoms with E-state index in [9.17, 15) is 4.79 Å². The molecule has 2 rings (SSSR count). The average molecular weight is 335 g/mol. The maximum Gasteiger partial charge on any atom is 0.253 e. The molecule has 0 saturated carbocycles. The predicted octanol–water partition coefficient (Wildman–Crippen LogP) is 1.71. The number of hydrogen-bond acceptors (Lipinski definition) is 6. The minimum absolute atomic E-state index is 0.146. The topological polar surface area (TPSA) is 97.6 Å². The Kier molecular flexibility index (Phi) is 3.65. The van der Waals surface area contributed by atoms with E-state index in [0.29, 0.717) is 14.7 Å². The number of halogens is 2. The molecule has 0 radical (unpaired) electrons. The van der Waals surface area contributed by atoms with Gasteiger partial charge in [0, 0.05) is 6.07 Å². The molecule has 9 heteroatoms. The van der Waals surface area contributed by atoms with E-state index >= 15 is 0 Å². The van der Waals surface area contributed by atoms with E-state index in [2.05, 4.69) is 35.9 Å². The van der Waals surface area contributed by atoms with Crippen LogP contribution in [0.1, 0.15) is 0 Å². The third-order valence-electron chi connectivity index (χ3n) is 1.65. The largest absolute Gasteiger partial charge is 0.383 e. The quantitative estimate of drug-likeness (QED) is 0.641. The third kappa shape index (κ3) is 2.96. The summed E-state index contributed by atoms with van der Waals surface area (Å²) in [5, 5.41) is 1.16. The van der Waals surface area contributed by atoms with Crippen molar-refractivity contribution in [3.05, 3.63) is 32.4 Å². The lowest BCUT2D eigenvalue weighted by Crippen LogP contribution is -2.09. The summed E-state index contributed by atoms with van der Waals surface area (Å²) in [5.41, 5.74) is 5.14. The lowest BCUT2D eigenvalue weighted by Gasteiger charge is -2.03. The Balaban J connectivity index is 2.38. The Morgan fingerprint density at radius 3 is 2.94 bits per heavy atom. The number of hydrogen-bond donors (Lipinski definition) is 2. The number of nitrogen functional groups attached to an aromatic ring is 1. The maximum absolute atomic E-state index is 11.2. The monoisotopic (exact) mass is 333 g/mol. The van der Waals surface area contributed by atoms with Crippen molar-refractivity contribution in [2.45, 2.75) is 10.2 Å². The van der Waals surface area contributed by atoms with Gasteiger partial charge in [-0.3, -0.25) is 4.79 Å². The van der Waals surface area contributed by atoms with Crippen LogP contribution in [0.2, 0.25) is 5.15 Å². The fourth-order valence-electron chi connectivity index (χ4n) is 0.998. The Hall–Kier alpha value is -1.12. The molecular formula is C8H5BrClN5OS. The lowest BCUT2D eigenvalue weighted by molar-refractivity contribution is 0.934. The van der Waals surface area contributed by atoms with Gasteiger partial charge in [0.05, 0.1) is 4.47 Å². The van der Waals surface area contributed by atoms with Gasteiger partial charge < -0.3 is 10.7 Å². The summed E-state index contributed by atoms with van der Waals surface area (Å²) in [6.45, 7) is 0. The van der Waals surface area contributed by atoms with Gasteiger partial charge in [0.2, 0.25) is 0 Å². The van der Waals surface area contributed by atoms with Crippen LogP contribution >= 0.6 is 39.3 Å². The van der Waals surface area contributed by atoms with Crippen molar-refractivity contribution in [2.75, 3.05) is 5.73 Å². The van der Waals surface area contributed by atoms with Crippen LogP contribution in [0, 0.1) is 0 Å². The van der Waals surface area contributed by atoms with Gasteiger partial charge in [0.1, 0.15) is 22.3 Å². The number of nitrogens with zero attached hydrogens (tertiary/aromatic N) is 3. The van der Waals surface area contributed by atoms with Crippen molar-refractivity contribution in [3.8, 4) is 0 Å². The highest BCUT2D eigenvalue weighted by molar-refractivity contribution is 9.10. The van der Waals surface area contributed by atoms with Crippen molar-refractivity contribution in [3.63, 3.8) is 0 Å². The second-order valence-electron chi connectivity index (χ2n) is 2.86. The first-order valence-electron chi connectivity index (χ1n) is 4.27. The Morgan fingerprint density at radius 1 is 1.47 bits per heavy atom. The van der Waals surface area contributed by atoms with Crippen LogP contribution in [0.4, 0.5) is 5.82 Å². The first kappa shape index (κ1) is 12.3. The van der Waals surface area contributed by atoms with Crippen LogP contribution in [0.3, 0.4) is 0 Å².